The van der Waals surface area contributed by atoms with Crippen LogP contribution in [0.2, 0.25) is 0 Å². The highest BCUT2D eigenvalue weighted by molar-refractivity contribution is 9.10. The first kappa shape index (κ1) is 15.6. The third-order valence-corrected chi connectivity index (χ3v) is 5.13. The van der Waals surface area contributed by atoms with Crippen LogP contribution in [0, 0.1) is 5.82 Å². The second-order valence-corrected chi connectivity index (χ2v) is 7.73. The van der Waals surface area contributed by atoms with Crippen molar-refractivity contribution in [3.8, 4) is 0 Å². The molecule has 2 atom stereocenters. The van der Waals surface area contributed by atoms with Gasteiger partial charge in [-0.1, -0.05) is 15.9 Å². The fourth-order valence-corrected chi connectivity index (χ4v) is 3.13. The molecule has 18 heavy (non-hydrogen) atoms. The molecule has 1 aromatic carbocycles. The lowest BCUT2D eigenvalue weighted by molar-refractivity contribution is 0.515. The maximum atomic E-state index is 13.2. The van der Waals surface area contributed by atoms with E-state index in [2.05, 4.69) is 21.2 Å². The van der Waals surface area contributed by atoms with E-state index in [0.29, 0.717) is 10.9 Å². The van der Waals surface area contributed by atoms with Crippen LogP contribution in [0.1, 0.15) is 12.5 Å². The fourth-order valence-electron chi connectivity index (χ4n) is 1.78. The van der Waals surface area contributed by atoms with Gasteiger partial charge in [-0.3, -0.25) is 0 Å². The van der Waals surface area contributed by atoms with Crippen LogP contribution in [0.5, 0.6) is 0 Å². The van der Waals surface area contributed by atoms with Gasteiger partial charge in [0.05, 0.1) is 5.25 Å². The third kappa shape index (κ3) is 4.33. The molecule has 1 rings (SSSR count). The zero-order valence-electron chi connectivity index (χ0n) is 10.6. The van der Waals surface area contributed by atoms with Gasteiger partial charge in [-0.05, 0) is 44.2 Å². The summed E-state index contributed by atoms with van der Waals surface area (Å²) >= 11 is 3.22. The van der Waals surface area contributed by atoms with Crippen LogP contribution in [-0.4, -0.2) is 33.0 Å². The van der Waals surface area contributed by atoms with Gasteiger partial charge >= 0.3 is 0 Å². The maximum absolute atomic E-state index is 13.2. The highest BCUT2D eigenvalue weighted by Crippen LogP contribution is 2.18. The summed E-state index contributed by atoms with van der Waals surface area (Å²) in [6.07, 6.45) is 1.67. The SMILES string of the molecule is CNC(Cc1cc(F)cc(Br)c1)C(C)S(C)(=O)=O. The van der Waals surface area contributed by atoms with Gasteiger partial charge in [-0.25, -0.2) is 12.8 Å². The number of nitrogens with one attached hydrogen (secondary N) is 1. The number of benzene rings is 1. The van der Waals surface area contributed by atoms with E-state index in [1.54, 1.807) is 20.0 Å². The summed E-state index contributed by atoms with van der Waals surface area (Å²) in [7, 11) is -1.41. The van der Waals surface area contributed by atoms with E-state index in [9.17, 15) is 12.8 Å². The summed E-state index contributed by atoms with van der Waals surface area (Å²) in [4.78, 5) is 0. The molecule has 0 aliphatic heterocycles. The van der Waals surface area contributed by atoms with Gasteiger partial charge in [0, 0.05) is 16.8 Å². The Labute approximate surface area is 116 Å². The monoisotopic (exact) mass is 337 g/mol. The molecular weight excluding hydrogens is 321 g/mol. The van der Waals surface area contributed by atoms with Gasteiger partial charge in [0.1, 0.15) is 5.82 Å². The van der Waals surface area contributed by atoms with Crippen molar-refractivity contribution < 1.29 is 12.8 Å². The average Bonchev–Trinajstić information content (AvgIpc) is 2.22. The van der Waals surface area contributed by atoms with Crippen molar-refractivity contribution in [2.24, 2.45) is 0 Å². The Balaban J connectivity index is 2.93. The van der Waals surface area contributed by atoms with Crippen molar-refractivity contribution in [1.29, 1.82) is 0 Å². The summed E-state index contributed by atoms with van der Waals surface area (Å²) in [5.74, 6) is -0.332. The van der Waals surface area contributed by atoms with Gasteiger partial charge < -0.3 is 5.32 Å². The Morgan fingerprint density at radius 3 is 2.44 bits per heavy atom. The lowest BCUT2D eigenvalue weighted by atomic mass is 10.0. The van der Waals surface area contributed by atoms with Crippen LogP contribution in [0.4, 0.5) is 4.39 Å². The Hall–Kier alpha value is -0.460. The standard InChI is InChI=1S/C12H17BrFNO2S/c1-8(18(3,16)17)12(15-2)6-9-4-10(13)7-11(14)5-9/h4-5,7-8,12,15H,6H2,1-3H3. The zero-order chi connectivity index (χ0) is 13.9. The molecule has 0 saturated carbocycles. The van der Waals surface area contributed by atoms with E-state index in [4.69, 9.17) is 0 Å². The van der Waals surface area contributed by atoms with E-state index < -0.39 is 15.1 Å². The first-order valence-corrected chi connectivity index (χ1v) is 8.30. The van der Waals surface area contributed by atoms with Crippen LogP contribution in [0.3, 0.4) is 0 Å². The molecule has 3 nitrogen and oxygen atoms in total. The van der Waals surface area contributed by atoms with Crippen molar-refractivity contribution in [3.05, 3.63) is 34.1 Å². The molecule has 2 unspecified atom stereocenters. The average molecular weight is 338 g/mol. The summed E-state index contributed by atoms with van der Waals surface area (Å²) in [5.41, 5.74) is 0.761. The fraction of sp³-hybridized carbons (Fsp3) is 0.500. The maximum Gasteiger partial charge on any atom is 0.151 e. The number of likely N-dealkylation sites (N-methyl/N-ethyl adjacent to an activating group) is 1. The molecular formula is C12H17BrFNO2S. The van der Waals surface area contributed by atoms with Crippen molar-refractivity contribution >= 4 is 25.8 Å². The smallest absolute Gasteiger partial charge is 0.151 e. The minimum absolute atomic E-state index is 0.242. The second-order valence-electron chi connectivity index (χ2n) is 4.41. The van der Waals surface area contributed by atoms with E-state index in [1.807, 2.05) is 0 Å². The minimum atomic E-state index is -3.12. The Bertz CT molecular complexity index is 499. The molecule has 1 aromatic rings. The molecule has 0 saturated heterocycles. The van der Waals surface area contributed by atoms with E-state index in [-0.39, 0.29) is 11.9 Å². The number of rotatable bonds is 5. The van der Waals surface area contributed by atoms with Crippen molar-refractivity contribution in [2.75, 3.05) is 13.3 Å². The van der Waals surface area contributed by atoms with E-state index >= 15 is 0 Å². The Morgan fingerprint density at radius 1 is 1.39 bits per heavy atom. The minimum Gasteiger partial charge on any atom is -0.315 e. The highest BCUT2D eigenvalue weighted by atomic mass is 79.9. The van der Waals surface area contributed by atoms with Crippen LogP contribution in [-0.2, 0) is 16.3 Å². The molecule has 0 aliphatic rings. The lowest BCUT2D eigenvalue weighted by Gasteiger charge is -2.22. The normalized spacial score (nSPS) is 15.4. The first-order chi connectivity index (χ1) is 8.24. The molecule has 0 heterocycles. The van der Waals surface area contributed by atoms with Crippen LogP contribution in [0.15, 0.2) is 22.7 Å². The molecule has 0 radical (unpaired) electrons. The molecule has 0 fully saturated rings. The predicted octanol–water partition coefficient (Wildman–Crippen LogP) is 2.15. The molecule has 102 valence electrons. The van der Waals surface area contributed by atoms with Crippen LogP contribution < -0.4 is 5.32 Å². The number of halogens is 2. The zero-order valence-corrected chi connectivity index (χ0v) is 13.0. The molecule has 1 N–H and O–H groups in total. The second kappa shape index (κ2) is 6.12. The third-order valence-electron chi connectivity index (χ3n) is 2.99. The van der Waals surface area contributed by atoms with Crippen LogP contribution in [0.25, 0.3) is 0 Å². The lowest BCUT2D eigenvalue weighted by Crippen LogP contribution is -2.41. The van der Waals surface area contributed by atoms with E-state index in [0.717, 1.165) is 5.56 Å². The van der Waals surface area contributed by atoms with Crippen molar-refractivity contribution in [2.45, 2.75) is 24.6 Å². The Kier molecular flexibility index (Phi) is 5.31. The quantitative estimate of drug-likeness (QED) is 0.895. The number of hydrogen-bond donors (Lipinski definition) is 1. The topological polar surface area (TPSA) is 46.2 Å². The van der Waals surface area contributed by atoms with Gasteiger partial charge in [-0.2, -0.15) is 0 Å². The molecule has 0 aliphatic carbocycles. The largest absolute Gasteiger partial charge is 0.315 e. The van der Waals surface area contributed by atoms with Gasteiger partial charge in [-0.15, -0.1) is 0 Å². The number of sulfone groups is 1. The summed E-state index contributed by atoms with van der Waals surface area (Å²) in [6, 6.07) is 4.35. The molecule has 6 heteroatoms. The molecule has 0 amide bonds. The van der Waals surface area contributed by atoms with Gasteiger partial charge in [0.25, 0.3) is 0 Å². The predicted molar refractivity (Wildman–Crippen MR) is 75.0 cm³/mol. The van der Waals surface area contributed by atoms with E-state index in [1.165, 1.54) is 18.4 Å². The van der Waals surface area contributed by atoms with Crippen molar-refractivity contribution in [1.82, 2.24) is 5.32 Å². The van der Waals surface area contributed by atoms with Gasteiger partial charge in [0.15, 0.2) is 9.84 Å². The molecule has 0 bridgehead atoms. The highest BCUT2D eigenvalue weighted by Gasteiger charge is 2.24. The van der Waals surface area contributed by atoms with Gasteiger partial charge in [0.2, 0.25) is 0 Å². The Morgan fingerprint density at radius 2 is 2.00 bits per heavy atom. The first-order valence-electron chi connectivity index (χ1n) is 5.55. The number of hydrogen-bond acceptors (Lipinski definition) is 3. The van der Waals surface area contributed by atoms with Crippen molar-refractivity contribution in [3.63, 3.8) is 0 Å². The molecule has 0 spiro atoms. The molecule has 0 aromatic heterocycles. The summed E-state index contributed by atoms with van der Waals surface area (Å²) in [6.45, 7) is 1.66. The summed E-state index contributed by atoms with van der Waals surface area (Å²) in [5, 5.41) is 2.46. The summed E-state index contributed by atoms with van der Waals surface area (Å²) < 4.78 is 37.0. The van der Waals surface area contributed by atoms with Crippen LogP contribution >= 0.6 is 15.9 Å².